The highest BCUT2D eigenvalue weighted by molar-refractivity contribution is 5.90. The largest absolute Gasteiger partial charge is 0.496 e. The number of methoxy groups -OCH3 is 3. The van der Waals surface area contributed by atoms with E-state index in [4.69, 9.17) is 14.2 Å². The van der Waals surface area contributed by atoms with Crippen LogP contribution >= 0.6 is 0 Å². The molecule has 128 valence electrons. The number of hydrogen-bond acceptors (Lipinski definition) is 7. The number of ether oxygens (including phenoxy) is 3. The highest BCUT2D eigenvalue weighted by atomic mass is 16.5. The Morgan fingerprint density at radius 1 is 0.920 bits per heavy atom. The van der Waals surface area contributed by atoms with Crippen molar-refractivity contribution in [2.24, 2.45) is 5.10 Å². The molecule has 0 amide bonds. The maximum Gasteiger partial charge on any atom is 0.164 e. The van der Waals surface area contributed by atoms with Crippen LogP contribution in [0.2, 0.25) is 0 Å². The number of nitrogens with zero attached hydrogens (tertiary/aromatic N) is 3. The second kappa shape index (κ2) is 7.48. The Hall–Kier alpha value is -3.35. The average molecular weight is 338 g/mol. The number of benzene rings is 2. The monoisotopic (exact) mass is 338 g/mol. The Balaban J connectivity index is 1.89. The second-order valence-corrected chi connectivity index (χ2v) is 5.06. The zero-order valence-electron chi connectivity index (χ0n) is 14.2. The summed E-state index contributed by atoms with van der Waals surface area (Å²) in [7, 11) is 4.74. The molecule has 0 spiro atoms. The Labute approximate surface area is 145 Å². The van der Waals surface area contributed by atoms with Gasteiger partial charge in [0.1, 0.15) is 12.1 Å². The molecule has 3 aromatic rings. The normalized spacial score (nSPS) is 10.8. The molecule has 7 nitrogen and oxygen atoms in total. The summed E-state index contributed by atoms with van der Waals surface area (Å²) in [5.41, 5.74) is 4.53. The summed E-state index contributed by atoms with van der Waals surface area (Å²) in [6, 6.07) is 11.3. The van der Waals surface area contributed by atoms with Crippen LogP contribution in [0.3, 0.4) is 0 Å². The minimum Gasteiger partial charge on any atom is -0.496 e. The van der Waals surface area contributed by atoms with Crippen molar-refractivity contribution < 1.29 is 14.2 Å². The van der Waals surface area contributed by atoms with Gasteiger partial charge < -0.3 is 14.2 Å². The molecule has 0 atom stereocenters. The number of para-hydroxylation sites is 1. The smallest absolute Gasteiger partial charge is 0.164 e. The van der Waals surface area contributed by atoms with E-state index >= 15 is 0 Å². The fourth-order valence-electron chi connectivity index (χ4n) is 2.41. The first-order chi connectivity index (χ1) is 12.3. The van der Waals surface area contributed by atoms with Crippen molar-refractivity contribution in [3.63, 3.8) is 0 Å². The van der Waals surface area contributed by atoms with E-state index in [0.29, 0.717) is 23.1 Å². The Bertz CT molecular complexity index is 907. The van der Waals surface area contributed by atoms with Gasteiger partial charge in [-0.05, 0) is 18.2 Å². The molecule has 1 aromatic heterocycles. The molecule has 0 saturated heterocycles. The summed E-state index contributed by atoms with van der Waals surface area (Å²) in [4.78, 5) is 8.45. The van der Waals surface area contributed by atoms with E-state index in [0.717, 1.165) is 16.5 Å². The number of hydrogen-bond donors (Lipinski definition) is 1. The minimum absolute atomic E-state index is 0.589. The summed E-state index contributed by atoms with van der Waals surface area (Å²) >= 11 is 0. The summed E-state index contributed by atoms with van der Waals surface area (Å²) in [5, 5.41) is 5.15. The second-order valence-electron chi connectivity index (χ2n) is 5.06. The molecule has 0 aliphatic carbocycles. The Morgan fingerprint density at radius 3 is 2.40 bits per heavy atom. The van der Waals surface area contributed by atoms with E-state index in [1.807, 2.05) is 24.3 Å². The highest BCUT2D eigenvalue weighted by Gasteiger charge is 2.10. The molecule has 0 aliphatic rings. The molecule has 0 saturated carbocycles. The maximum absolute atomic E-state index is 5.38. The van der Waals surface area contributed by atoms with Crippen LogP contribution in [0.5, 0.6) is 17.2 Å². The van der Waals surface area contributed by atoms with Gasteiger partial charge in [-0.25, -0.2) is 9.97 Å². The van der Waals surface area contributed by atoms with Crippen LogP contribution < -0.4 is 19.6 Å². The van der Waals surface area contributed by atoms with Gasteiger partial charge in [-0.2, -0.15) is 5.10 Å². The van der Waals surface area contributed by atoms with Crippen molar-refractivity contribution in [2.75, 3.05) is 26.8 Å². The molecule has 0 unspecified atom stereocenters. The molecule has 25 heavy (non-hydrogen) atoms. The van der Waals surface area contributed by atoms with E-state index in [1.54, 1.807) is 39.7 Å². The van der Waals surface area contributed by atoms with Gasteiger partial charge in [-0.1, -0.05) is 12.1 Å². The summed E-state index contributed by atoms with van der Waals surface area (Å²) < 4.78 is 16.0. The van der Waals surface area contributed by atoms with Crippen molar-refractivity contribution in [1.82, 2.24) is 9.97 Å². The molecule has 0 bridgehead atoms. The maximum atomic E-state index is 5.38. The standard InChI is InChI=1S/C18H18N4O3/c1-23-15-9-17(25-3)16(24-2)8-12(15)10-21-22-18-13-6-4-5-7-14(13)19-11-20-18/h4-11H,1-3H3,(H,19,20,22). The number of fused-ring (bicyclic) bond motifs is 1. The van der Waals surface area contributed by atoms with Crippen LogP contribution in [-0.4, -0.2) is 37.5 Å². The van der Waals surface area contributed by atoms with Crippen molar-refractivity contribution in [1.29, 1.82) is 0 Å². The van der Waals surface area contributed by atoms with Crippen LogP contribution in [0, 0.1) is 0 Å². The number of rotatable bonds is 6. The topological polar surface area (TPSA) is 77.9 Å². The first-order valence-corrected chi connectivity index (χ1v) is 7.55. The molecular formula is C18H18N4O3. The molecule has 0 radical (unpaired) electrons. The fourth-order valence-corrected chi connectivity index (χ4v) is 2.41. The number of aromatic nitrogens is 2. The van der Waals surface area contributed by atoms with Crippen molar-refractivity contribution in [2.45, 2.75) is 0 Å². The lowest BCUT2D eigenvalue weighted by Gasteiger charge is -2.11. The van der Waals surface area contributed by atoms with E-state index in [-0.39, 0.29) is 0 Å². The average Bonchev–Trinajstić information content (AvgIpc) is 2.67. The third-order valence-corrected chi connectivity index (χ3v) is 3.65. The summed E-state index contributed by atoms with van der Waals surface area (Å²) in [5.74, 6) is 2.43. The number of hydrazone groups is 1. The number of anilines is 1. The molecule has 3 rings (SSSR count). The van der Waals surface area contributed by atoms with Gasteiger partial charge in [0.2, 0.25) is 0 Å². The van der Waals surface area contributed by atoms with Gasteiger partial charge in [0.25, 0.3) is 0 Å². The molecular weight excluding hydrogens is 320 g/mol. The SMILES string of the molecule is COc1cc(OC)c(OC)cc1C=NNc1ncnc2ccccc12. The van der Waals surface area contributed by atoms with Crippen molar-refractivity contribution in [3.8, 4) is 17.2 Å². The lowest BCUT2D eigenvalue weighted by Crippen LogP contribution is -1.99. The van der Waals surface area contributed by atoms with Crippen molar-refractivity contribution in [3.05, 3.63) is 48.3 Å². The minimum atomic E-state index is 0.589. The van der Waals surface area contributed by atoms with Gasteiger partial charge in [-0.15, -0.1) is 0 Å². The lowest BCUT2D eigenvalue weighted by atomic mass is 10.2. The molecule has 1 N–H and O–H groups in total. The zero-order valence-corrected chi connectivity index (χ0v) is 14.2. The van der Waals surface area contributed by atoms with Crippen LogP contribution in [0.15, 0.2) is 47.8 Å². The van der Waals surface area contributed by atoms with Gasteiger partial charge >= 0.3 is 0 Å². The van der Waals surface area contributed by atoms with Gasteiger partial charge in [0.05, 0.1) is 33.1 Å². The van der Waals surface area contributed by atoms with E-state index < -0.39 is 0 Å². The van der Waals surface area contributed by atoms with Crippen LogP contribution in [0.4, 0.5) is 5.82 Å². The molecule has 1 heterocycles. The lowest BCUT2D eigenvalue weighted by molar-refractivity contribution is 0.349. The third kappa shape index (κ3) is 3.45. The number of nitrogens with one attached hydrogen (secondary N) is 1. The first-order valence-electron chi connectivity index (χ1n) is 7.55. The van der Waals surface area contributed by atoms with E-state index in [2.05, 4.69) is 20.5 Å². The Kier molecular flexibility index (Phi) is 4.94. The Morgan fingerprint density at radius 2 is 1.64 bits per heavy atom. The van der Waals surface area contributed by atoms with Crippen molar-refractivity contribution >= 4 is 22.9 Å². The molecule has 0 aliphatic heterocycles. The van der Waals surface area contributed by atoms with Crippen LogP contribution in [0.25, 0.3) is 10.9 Å². The molecule has 0 fully saturated rings. The van der Waals surface area contributed by atoms with E-state index in [9.17, 15) is 0 Å². The van der Waals surface area contributed by atoms with Crippen LogP contribution in [-0.2, 0) is 0 Å². The fraction of sp³-hybridized carbons (Fsp3) is 0.167. The van der Waals surface area contributed by atoms with E-state index in [1.165, 1.54) is 6.33 Å². The molecule has 7 heteroatoms. The summed E-state index contributed by atoms with van der Waals surface area (Å²) in [6.45, 7) is 0. The van der Waals surface area contributed by atoms with Gasteiger partial charge in [0, 0.05) is 17.0 Å². The first kappa shape index (κ1) is 16.5. The van der Waals surface area contributed by atoms with Gasteiger partial charge in [0.15, 0.2) is 17.3 Å². The van der Waals surface area contributed by atoms with Crippen LogP contribution in [0.1, 0.15) is 5.56 Å². The predicted molar refractivity (Wildman–Crippen MR) is 96.9 cm³/mol. The zero-order chi connectivity index (χ0) is 17.6. The highest BCUT2D eigenvalue weighted by Crippen LogP contribution is 2.33. The van der Waals surface area contributed by atoms with Gasteiger partial charge in [-0.3, -0.25) is 5.43 Å². The third-order valence-electron chi connectivity index (χ3n) is 3.65. The molecule has 2 aromatic carbocycles. The summed E-state index contributed by atoms with van der Waals surface area (Å²) in [6.07, 6.45) is 3.13. The quantitative estimate of drug-likeness (QED) is 0.550. The predicted octanol–water partition coefficient (Wildman–Crippen LogP) is 3.10.